The first kappa shape index (κ1) is 8.22. The van der Waals surface area contributed by atoms with Crippen molar-refractivity contribution < 1.29 is 4.39 Å². The Hall–Kier alpha value is -0.110. The molecule has 2 heterocycles. The van der Waals surface area contributed by atoms with Crippen molar-refractivity contribution in [3.8, 4) is 0 Å². The predicted molar refractivity (Wildman–Crippen MR) is 50.4 cm³/mol. The van der Waals surface area contributed by atoms with Crippen LogP contribution < -0.4 is 0 Å². The summed E-state index contributed by atoms with van der Waals surface area (Å²) >= 11 is 0. The summed E-state index contributed by atoms with van der Waals surface area (Å²) in [7, 11) is 0. The number of rotatable bonds is 1. The predicted octanol–water partition coefficient (Wildman–Crippen LogP) is 2.36. The van der Waals surface area contributed by atoms with E-state index in [4.69, 9.17) is 0 Å². The third-order valence-electron chi connectivity index (χ3n) is 4.72. The highest BCUT2D eigenvalue weighted by Crippen LogP contribution is 2.63. The molecule has 0 aromatic carbocycles. The zero-order valence-electron chi connectivity index (χ0n) is 8.35. The summed E-state index contributed by atoms with van der Waals surface area (Å²) in [6, 6.07) is 0. The molecule has 2 heteroatoms. The normalized spacial score (nSPS) is 48.0. The molecule has 2 aliphatic heterocycles. The maximum atomic E-state index is 13.4. The van der Waals surface area contributed by atoms with E-state index in [0.29, 0.717) is 5.41 Å². The van der Waals surface area contributed by atoms with Crippen LogP contribution in [0.25, 0.3) is 0 Å². The van der Waals surface area contributed by atoms with Crippen molar-refractivity contribution in [2.45, 2.75) is 50.7 Å². The molecule has 0 bridgehead atoms. The second-order valence-electron chi connectivity index (χ2n) is 5.44. The molecule has 0 aromatic rings. The molecule has 0 aromatic heterocycles. The van der Waals surface area contributed by atoms with Gasteiger partial charge in [0.15, 0.2) is 0 Å². The van der Waals surface area contributed by atoms with Crippen molar-refractivity contribution in [2.75, 3.05) is 13.1 Å². The molecule has 0 spiro atoms. The van der Waals surface area contributed by atoms with E-state index < -0.39 is 6.17 Å². The average Bonchev–Trinajstić information content (AvgIpc) is 2.56. The first-order valence-corrected chi connectivity index (χ1v) is 5.55. The highest BCUT2D eigenvalue weighted by atomic mass is 19.1. The van der Waals surface area contributed by atoms with Gasteiger partial charge in [0.1, 0.15) is 6.17 Å². The van der Waals surface area contributed by atoms with Crippen LogP contribution in [0.2, 0.25) is 0 Å². The number of alkyl halides is 1. The molecule has 0 radical (unpaired) electrons. The Labute approximate surface area is 79.3 Å². The Kier molecular flexibility index (Phi) is 1.44. The van der Waals surface area contributed by atoms with Crippen LogP contribution in [0, 0.1) is 5.41 Å². The fraction of sp³-hybridized carbons (Fsp3) is 1.00. The smallest absolute Gasteiger partial charge is 0.115 e. The molecule has 2 saturated heterocycles. The topological polar surface area (TPSA) is 3.24 Å². The molecular formula is C11H18FN. The maximum absolute atomic E-state index is 13.4. The average molecular weight is 183 g/mol. The minimum absolute atomic E-state index is 0.284. The molecule has 1 nitrogen and oxygen atoms in total. The van der Waals surface area contributed by atoms with Gasteiger partial charge in [0.2, 0.25) is 0 Å². The molecule has 2 atom stereocenters. The fourth-order valence-corrected chi connectivity index (χ4v) is 3.68. The lowest BCUT2D eigenvalue weighted by atomic mass is 9.78. The number of fused-ring (bicyclic) bond motifs is 1. The van der Waals surface area contributed by atoms with E-state index in [0.717, 1.165) is 19.5 Å². The minimum Gasteiger partial charge on any atom is -0.294 e. The van der Waals surface area contributed by atoms with Crippen molar-refractivity contribution in [2.24, 2.45) is 5.41 Å². The van der Waals surface area contributed by atoms with Gasteiger partial charge in [0.05, 0.1) is 0 Å². The number of nitrogens with zero attached hydrogens (tertiary/aromatic N) is 1. The number of hydrogen-bond acceptors (Lipinski definition) is 1. The van der Waals surface area contributed by atoms with E-state index in [1.54, 1.807) is 0 Å². The van der Waals surface area contributed by atoms with Crippen molar-refractivity contribution in [1.82, 2.24) is 4.90 Å². The minimum atomic E-state index is -0.544. The summed E-state index contributed by atoms with van der Waals surface area (Å²) in [5.41, 5.74) is 0.761. The summed E-state index contributed by atoms with van der Waals surface area (Å²) in [6.07, 6.45) is 5.49. The fourth-order valence-electron chi connectivity index (χ4n) is 3.68. The largest absolute Gasteiger partial charge is 0.294 e. The molecule has 0 amide bonds. The molecule has 3 aliphatic rings. The Morgan fingerprint density at radius 2 is 2.08 bits per heavy atom. The van der Waals surface area contributed by atoms with Gasteiger partial charge in [-0.15, -0.1) is 0 Å². The first-order chi connectivity index (χ1) is 6.16. The third-order valence-corrected chi connectivity index (χ3v) is 4.72. The summed E-state index contributed by atoms with van der Waals surface area (Å²) in [4.78, 5) is 2.45. The van der Waals surface area contributed by atoms with Crippen LogP contribution in [-0.2, 0) is 0 Å². The van der Waals surface area contributed by atoms with Crippen molar-refractivity contribution in [1.29, 1.82) is 0 Å². The van der Waals surface area contributed by atoms with Gasteiger partial charge in [-0.1, -0.05) is 6.92 Å². The SMILES string of the molecule is CC1([C@]23CCCN2C[C@H](F)C3)CC1. The first-order valence-electron chi connectivity index (χ1n) is 5.55. The Morgan fingerprint density at radius 3 is 2.77 bits per heavy atom. The van der Waals surface area contributed by atoms with E-state index in [-0.39, 0.29) is 5.54 Å². The second kappa shape index (κ2) is 2.28. The van der Waals surface area contributed by atoms with Crippen LogP contribution in [0.3, 0.4) is 0 Å². The van der Waals surface area contributed by atoms with E-state index in [9.17, 15) is 4.39 Å². The molecule has 1 aliphatic carbocycles. The molecule has 1 saturated carbocycles. The summed E-state index contributed by atoms with van der Waals surface area (Å²) in [5.74, 6) is 0. The third kappa shape index (κ3) is 0.903. The molecule has 0 unspecified atom stereocenters. The number of halogens is 1. The Bertz CT molecular complexity index is 236. The highest BCUT2D eigenvalue weighted by Gasteiger charge is 2.63. The molecule has 74 valence electrons. The lowest BCUT2D eigenvalue weighted by Crippen LogP contribution is -2.45. The van der Waals surface area contributed by atoms with Crippen molar-refractivity contribution in [3.63, 3.8) is 0 Å². The molecule has 3 fully saturated rings. The van der Waals surface area contributed by atoms with Gasteiger partial charge in [0.25, 0.3) is 0 Å². The molecular weight excluding hydrogens is 165 g/mol. The van der Waals surface area contributed by atoms with Gasteiger partial charge in [-0.25, -0.2) is 4.39 Å². The Balaban J connectivity index is 1.94. The zero-order valence-corrected chi connectivity index (χ0v) is 8.35. The molecule has 0 N–H and O–H groups in total. The Morgan fingerprint density at radius 1 is 1.31 bits per heavy atom. The quantitative estimate of drug-likeness (QED) is 0.603. The van der Waals surface area contributed by atoms with Crippen LogP contribution in [0.1, 0.15) is 39.0 Å². The van der Waals surface area contributed by atoms with Gasteiger partial charge in [0, 0.05) is 12.1 Å². The van der Waals surface area contributed by atoms with E-state index in [1.807, 2.05) is 0 Å². The van der Waals surface area contributed by atoms with Crippen LogP contribution in [0.4, 0.5) is 4.39 Å². The lowest BCUT2D eigenvalue weighted by molar-refractivity contribution is 0.110. The zero-order chi connectivity index (χ0) is 9.10. The van der Waals surface area contributed by atoms with Crippen molar-refractivity contribution >= 4 is 0 Å². The highest BCUT2D eigenvalue weighted by molar-refractivity contribution is 5.17. The monoisotopic (exact) mass is 183 g/mol. The molecule has 3 rings (SSSR count). The lowest BCUT2D eigenvalue weighted by Gasteiger charge is -2.38. The van der Waals surface area contributed by atoms with E-state index >= 15 is 0 Å². The van der Waals surface area contributed by atoms with Gasteiger partial charge >= 0.3 is 0 Å². The van der Waals surface area contributed by atoms with Gasteiger partial charge < -0.3 is 0 Å². The second-order valence-corrected chi connectivity index (χ2v) is 5.44. The van der Waals surface area contributed by atoms with Crippen LogP contribution in [0.15, 0.2) is 0 Å². The van der Waals surface area contributed by atoms with Crippen LogP contribution >= 0.6 is 0 Å². The number of hydrogen-bond donors (Lipinski definition) is 0. The summed E-state index contributed by atoms with van der Waals surface area (Å²) in [6.45, 7) is 4.23. The van der Waals surface area contributed by atoms with Gasteiger partial charge in [-0.3, -0.25) is 4.90 Å². The van der Waals surface area contributed by atoms with Crippen LogP contribution in [-0.4, -0.2) is 29.7 Å². The maximum Gasteiger partial charge on any atom is 0.115 e. The molecule has 13 heavy (non-hydrogen) atoms. The van der Waals surface area contributed by atoms with E-state index in [2.05, 4.69) is 11.8 Å². The van der Waals surface area contributed by atoms with Gasteiger partial charge in [-0.05, 0) is 44.1 Å². The van der Waals surface area contributed by atoms with Gasteiger partial charge in [-0.2, -0.15) is 0 Å². The van der Waals surface area contributed by atoms with Crippen LogP contribution in [0.5, 0.6) is 0 Å². The summed E-state index contributed by atoms with van der Waals surface area (Å²) < 4.78 is 13.4. The standard InChI is InChI=1S/C11H18FN/c1-10(4-5-10)11-3-2-6-13(11)8-9(12)7-11/h9H,2-8H2,1H3/t9-,11-/m1/s1. The summed E-state index contributed by atoms with van der Waals surface area (Å²) in [5, 5.41) is 0. The van der Waals surface area contributed by atoms with E-state index in [1.165, 1.54) is 25.7 Å². The van der Waals surface area contributed by atoms with Crippen molar-refractivity contribution in [3.05, 3.63) is 0 Å².